The van der Waals surface area contributed by atoms with Gasteiger partial charge >= 0.3 is 0 Å². The number of rotatable bonds is 4. The number of nitrogens with two attached hydrogens (primary N) is 1. The second-order valence-corrected chi connectivity index (χ2v) is 6.70. The molecule has 1 aromatic carbocycles. The van der Waals surface area contributed by atoms with Gasteiger partial charge in [0.2, 0.25) is 0 Å². The zero-order valence-electron chi connectivity index (χ0n) is 12.9. The zero-order valence-corrected chi connectivity index (χ0v) is 12.9. The Labute approximate surface area is 128 Å². The fourth-order valence-electron chi connectivity index (χ4n) is 4.51. The summed E-state index contributed by atoms with van der Waals surface area (Å²) in [5.41, 5.74) is 4.84. The molecule has 1 saturated heterocycles. The maximum atomic E-state index is 6.05. The molecule has 3 nitrogen and oxygen atoms in total. The lowest BCUT2D eigenvalue weighted by molar-refractivity contribution is 0.0165. The maximum Gasteiger partial charge on any atom is 0.0510 e. The van der Waals surface area contributed by atoms with Gasteiger partial charge in [-0.3, -0.25) is 11.3 Å². The molecule has 1 heterocycles. The highest BCUT2D eigenvalue weighted by Gasteiger charge is 2.44. The first-order valence-corrected chi connectivity index (χ1v) is 8.46. The predicted molar refractivity (Wildman–Crippen MR) is 85.9 cm³/mol. The van der Waals surface area contributed by atoms with E-state index in [1.54, 1.807) is 0 Å². The van der Waals surface area contributed by atoms with Gasteiger partial charge in [-0.1, -0.05) is 49.6 Å². The molecule has 0 spiro atoms. The highest BCUT2D eigenvalue weighted by molar-refractivity contribution is 5.29. The number of hydrogen-bond acceptors (Lipinski definition) is 3. The van der Waals surface area contributed by atoms with Gasteiger partial charge in [-0.2, -0.15) is 0 Å². The van der Waals surface area contributed by atoms with Crippen molar-refractivity contribution in [1.82, 2.24) is 5.43 Å². The summed E-state index contributed by atoms with van der Waals surface area (Å²) >= 11 is 0. The lowest BCUT2D eigenvalue weighted by Crippen LogP contribution is -2.57. The summed E-state index contributed by atoms with van der Waals surface area (Å²) in [6.07, 6.45) is 8.83. The SMILES string of the molecule is NNC(C1CCCOC1)C1(c2ccccc2)CCCCC1. The van der Waals surface area contributed by atoms with Crippen molar-refractivity contribution in [2.75, 3.05) is 13.2 Å². The molecule has 2 unspecified atom stereocenters. The Bertz CT molecular complexity index is 422. The zero-order chi connectivity index (χ0) is 14.5. The molecule has 2 aliphatic rings. The summed E-state index contributed by atoms with van der Waals surface area (Å²) in [7, 11) is 0. The Hall–Kier alpha value is -0.900. The topological polar surface area (TPSA) is 47.3 Å². The van der Waals surface area contributed by atoms with Crippen molar-refractivity contribution < 1.29 is 4.74 Å². The van der Waals surface area contributed by atoms with Crippen molar-refractivity contribution in [1.29, 1.82) is 0 Å². The van der Waals surface area contributed by atoms with Gasteiger partial charge in [0.1, 0.15) is 0 Å². The van der Waals surface area contributed by atoms with E-state index in [4.69, 9.17) is 10.6 Å². The molecular weight excluding hydrogens is 260 g/mol. The second kappa shape index (κ2) is 6.91. The van der Waals surface area contributed by atoms with Crippen LogP contribution in [0.3, 0.4) is 0 Å². The van der Waals surface area contributed by atoms with Crippen molar-refractivity contribution in [2.45, 2.75) is 56.4 Å². The highest BCUT2D eigenvalue weighted by atomic mass is 16.5. The van der Waals surface area contributed by atoms with Gasteiger partial charge in [-0.05, 0) is 37.2 Å². The van der Waals surface area contributed by atoms with Gasteiger partial charge in [-0.15, -0.1) is 0 Å². The van der Waals surface area contributed by atoms with E-state index in [-0.39, 0.29) is 5.41 Å². The fourth-order valence-corrected chi connectivity index (χ4v) is 4.51. The number of benzene rings is 1. The molecule has 2 fully saturated rings. The normalized spacial score (nSPS) is 27.2. The molecule has 1 aromatic rings. The summed E-state index contributed by atoms with van der Waals surface area (Å²) in [6, 6.07) is 11.3. The maximum absolute atomic E-state index is 6.05. The Morgan fingerprint density at radius 1 is 1.10 bits per heavy atom. The Balaban J connectivity index is 1.93. The second-order valence-electron chi connectivity index (χ2n) is 6.70. The first-order chi connectivity index (χ1) is 10.4. The molecule has 116 valence electrons. The lowest BCUT2D eigenvalue weighted by Gasteiger charge is -2.48. The van der Waals surface area contributed by atoms with E-state index < -0.39 is 0 Å². The minimum atomic E-state index is 0.180. The molecule has 1 saturated carbocycles. The smallest absolute Gasteiger partial charge is 0.0510 e. The summed E-state index contributed by atoms with van der Waals surface area (Å²) in [4.78, 5) is 0. The van der Waals surface area contributed by atoms with Crippen LogP contribution in [-0.4, -0.2) is 19.3 Å². The summed E-state index contributed by atoms with van der Waals surface area (Å²) in [5, 5.41) is 0. The van der Waals surface area contributed by atoms with Gasteiger partial charge in [0.15, 0.2) is 0 Å². The summed E-state index contributed by atoms with van der Waals surface area (Å²) in [5.74, 6) is 6.58. The lowest BCUT2D eigenvalue weighted by atomic mass is 9.61. The van der Waals surface area contributed by atoms with Gasteiger partial charge in [0.25, 0.3) is 0 Å². The van der Waals surface area contributed by atoms with E-state index in [0.29, 0.717) is 12.0 Å². The quantitative estimate of drug-likeness (QED) is 0.661. The van der Waals surface area contributed by atoms with E-state index in [9.17, 15) is 0 Å². The molecule has 3 heteroatoms. The monoisotopic (exact) mass is 288 g/mol. The minimum absolute atomic E-state index is 0.180. The van der Waals surface area contributed by atoms with Crippen LogP contribution in [0.4, 0.5) is 0 Å². The first-order valence-electron chi connectivity index (χ1n) is 8.46. The van der Waals surface area contributed by atoms with Crippen LogP contribution in [0.5, 0.6) is 0 Å². The largest absolute Gasteiger partial charge is 0.381 e. The van der Waals surface area contributed by atoms with Crippen LogP contribution in [0, 0.1) is 5.92 Å². The van der Waals surface area contributed by atoms with E-state index in [1.165, 1.54) is 44.1 Å². The standard InChI is InChI=1S/C18H28N2O/c19-20-17(15-8-7-13-21-14-15)18(11-5-2-6-12-18)16-9-3-1-4-10-16/h1,3-4,9-10,15,17,20H,2,5-8,11-14,19H2. The van der Waals surface area contributed by atoms with Crippen LogP contribution >= 0.6 is 0 Å². The van der Waals surface area contributed by atoms with Crippen molar-refractivity contribution in [3.8, 4) is 0 Å². The average Bonchev–Trinajstić information content (AvgIpc) is 2.58. The van der Waals surface area contributed by atoms with E-state index >= 15 is 0 Å². The number of hydrazine groups is 1. The van der Waals surface area contributed by atoms with Crippen molar-refractivity contribution in [2.24, 2.45) is 11.8 Å². The van der Waals surface area contributed by atoms with Crippen LogP contribution in [0.25, 0.3) is 0 Å². The van der Waals surface area contributed by atoms with Crippen LogP contribution in [0.2, 0.25) is 0 Å². The highest BCUT2D eigenvalue weighted by Crippen LogP contribution is 2.45. The average molecular weight is 288 g/mol. The van der Waals surface area contributed by atoms with Gasteiger partial charge in [-0.25, -0.2) is 0 Å². The van der Waals surface area contributed by atoms with Gasteiger partial charge in [0, 0.05) is 18.1 Å². The van der Waals surface area contributed by atoms with Crippen molar-refractivity contribution >= 4 is 0 Å². The van der Waals surface area contributed by atoms with E-state index in [1.807, 2.05) is 0 Å². The summed E-state index contributed by atoms with van der Waals surface area (Å²) in [6.45, 7) is 1.76. The van der Waals surface area contributed by atoms with Crippen LogP contribution < -0.4 is 11.3 Å². The first kappa shape index (κ1) is 15.0. The Morgan fingerprint density at radius 3 is 2.48 bits per heavy atom. The minimum Gasteiger partial charge on any atom is -0.381 e. The molecule has 2 atom stereocenters. The molecule has 3 rings (SSSR count). The van der Waals surface area contributed by atoms with Crippen molar-refractivity contribution in [3.05, 3.63) is 35.9 Å². The number of nitrogens with one attached hydrogen (secondary N) is 1. The molecule has 0 amide bonds. The molecule has 1 aliphatic heterocycles. The number of ether oxygens (including phenoxy) is 1. The van der Waals surface area contributed by atoms with E-state index in [2.05, 4.69) is 35.8 Å². The molecule has 21 heavy (non-hydrogen) atoms. The van der Waals surface area contributed by atoms with Crippen LogP contribution in [0.15, 0.2) is 30.3 Å². The van der Waals surface area contributed by atoms with Crippen LogP contribution in [-0.2, 0) is 10.2 Å². The van der Waals surface area contributed by atoms with Crippen LogP contribution in [0.1, 0.15) is 50.5 Å². The predicted octanol–water partition coefficient (Wildman–Crippen LogP) is 3.15. The van der Waals surface area contributed by atoms with E-state index in [0.717, 1.165) is 19.6 Å². The molecule has 0 aromatic heterocycles. The molecule has 0 radical (unpaired) electrons. The fraction of sp³-hybridized carbons (Fsp3) is 0.667. The third kappa shape index (κ3) is 3.01. The summed E-state index contributed by atoms with van der Waals surface area (Å²) < 4.78 is 5.74. The van der Waals surface area contributed by atoms with Gasteiger partial charge < -0.3 is 4.74 Å². The van der Waals surface area contributed by atoms with Gasteiger partial charge in [0.05, 0.1) is 6.61 Å². The third-order valence-electron chi connectivity index (χ3n) is 5.54. The Kier molecular flexibility index (Phi) is 4.94. The number of hydrogen-bond donors (Lipinski definition) is 2. The molecule has 1 aliphatic carbocycles. The molecular formula is C18H28N2O. The van der Waals surface area contributed by atoms with Crippen molar-refractivity contribution in [3.63, 3.8) is 0 Å². The third-order valence-corrected chi connectivity index (χ3v) is 5.54. The Morgan fingerprint density at radius 2 is 1.86 bits per heavy atom. The molecule has 3 N–H and O–H groups in total. The molecule has 0 bridgehead atoms.